The minimum absolute atomic E-state index is 0.156. The van der Waals surface area contributed by atoms with E-state index in [4.69, 9.17) is 0 Å². The first-order valence-corrected chi connectivity index (χ1v) is 9.52. The lowest BCUT2D eigenvalue weighted by molar-refractivity contribution is -0.132. The van der Waals surface area contributed by atoms with Gasteiger partial charge in [0.05, 0.1) is 6.54 Å². The molecule has 0 aromatic heterocycles. The lowest BCUT2D eigenvalue weighted by Gasteiger charge is -2.36. The molecule has 0 spiro atoms. The van der Waals surface area contributed by atoms with Gasteiger partial charge in [0.1, 0.15) is 5.82 Å². The van der Waals surface area contributed by atoms with Gasteiger partial charge >= 0.3 is 0 Å². The predicted molar refractivity (Wildman–Crippen MR) is 106 cm³/mol. The van der Waals surface area contributed by atoms with Crippen molar-refractivity contribution >= 4 is 27.5 Å². The molecule has 0 aliphatic carbocycles. The Bertz CT molecular complexity index is 728. The van der Waals surface area contributed by atoms with Crippen molar-refractivity contribution in [3.63, 3.8) is 0 Å². The Morgan fingerprint density at radius 3 is 2.27 bits per heavy atom. The molecule has 2 aromatic rings. The zero-order valence-electron chi connectivity index (χ0n) is 14.9. The van der Waals surface area contributed by atoms with E-state index in [9.17, 15) is 9.18 Å². The molecule has 2 aromatic carbocycles. The fourth-order valence-corrected chi connectivity index (χ4v) is 3.42. The van der Waals surface area contributed by atoms with E-state index in [0.29, 0.717) is 19.6 Å². The molecule has 1 amide bonds. The topological polar surface area (TPSA) is 26.8 Å². The molecular formula is C20H23BrFN3O. The average molecular weight is 420 g/mol. The average Bonchev–Trinajstić information content (AvgIpc) is 2.64. The van der Waals surface area contributed by atoms with Crippen LogP contribution >= 0.6 is 15.9 Å². The van der Waals surface area contributed by atoms with Crippen molar-refractivity contribution in [1.82, 2.24) is 9.80 Å². The number of hydrogen-bond acceptors (Lipinski definition) is 3. The van der Waals surface area contributed by atoms with Crippen LogP contribution in [0.25, 0.3) is 0 Å². The number of halogens is 2. The molecule has 0 N–H and O–H groups in total. The molecule has 6 heteroatoms. The predicted octanol–water partition coefficient (Wildman–Crippen LogP) is 3.37. The summed E-state index contributed by atoms with van der Waals surface area (Å²) in [5.74, 6) is -0.0697. The summed E-state index contributed by atoms with van der Waals surface area (Å²) < 4.78 is 14.1. The summed E-state index contributed by atoms with van der Waals surface area (Å²) in [6.45, 7) is 4.09. The SMILES string of the molecule is CN(CC(=O)N1CCN(c2ccc(F)cc2)CC1)Cc1ccc(Br)cc1. The lowest BCUT2D eigenvalue weighted by Crippen LogP contribution is -2.51. The summed E-state index contributed by atoms with van der Waals surface area (Å²) in [7, 11) is 1.97. The number of amides is 1. The monoisotopic (exact) mass is 419 g/mol. The number of nitrogens with zero attached hydrogens (tertiary/aromatic N) is 3. The second kappa shape index (κ2) is 8.64. The summed E-state index contributed by atoms with van der Waals surface area (Å²) in [5, 5.41) is 0. The number of piperazine rings is 1. The van der Waals surface area contributed by atoms with Crippen LogP contribution in [0.2, 0.25) is 0 Å². The van der Waals surface area contributed by atoms with Crippen molar-refractivity contribution < 1.29 is 9.18 Å². The van der Waals surface area contributed by atoms with Crippen molar-refractivity contribution in [3.05, 3.63) is 64.4 Å². The molecule has 0 bridgehead atoms. The first-order chi connectivity index (χ1) is 12.5. The van der Waals surface area contributed by atoms with E-state index in [1.54, 1.807) is 12.1 Å². The summed E-state index contributed by atoms with van der Waals surface area (Å²) in [6.07, 6.45) is 0. The van der Waals surface area contributed by atoms with Crippen molar-refractivity contribution in [2.45, 2.75) is 6.54 Å². The number of benzene rings is 2. The smallest absolute Gasteiger partial charge is 0.236 e. The van der Waals surface area contributed by atoms with Crippen LogP contribution in [0.3, 0.4) is 0 Å². The van der Waals surface area contributed by atoms with E-state index in [-0.39, 0.29) is 11.7 Å². The molecule has 0 atom stereocenters. The first-order valence-electron chi connectivity index (χ1n) is 8.72. The van der Waals surface area contributed by atoms with E-state index >= 15 is 0 Å². The highest BCUT2D eigenvalue weighted by Gasteiger charge is 2.22. The molecule has 1 fully saturated rings. The molecule has 0 radical (unpaired) electrons. The zero-order chi connectivity index (χ0) is 18.5. The summed E-state index contributed by atoms with van der Waals surface area (Å²) in [5.41, 5.74) is 2.19. The van der Waals surface area contributed by atoms with Gasteiger partial charge in [-0.3, -0.25) is 9.69 Å². The number of rotatable bonds is 5. The van der Waals surface area contributed by atoms with Gasteiger partial charge in [-0.15, -0.1) is 0 Å². The van der Waals surface area contributed by atoms with Crippen LogP contribution in [0.4, 0.5) is 10.1 Å². The Morgan fingerprint density at radius 1 is 1.04 bits per heavy atom. The Kier molecular flexibility index (Phi) is 6.27. The van der Waals surface area contributed by atoms with Crippen LogP contribution in [0.1, 0.15) is 5.56 Å². The van der Waals surface area contributed by atoms with E-state index in [2.05, 4.69) is 33.0 Å². The van der Waals surface area contributed by atoms with Gasteiger partial charge in [0.15, 0.2) is 0 Å². The normalized spacial score (nSPS) is 14.8. The van der Waals surface area contributed by atoms with Crippen LogP contribution in [-0.4, -0.2) is 55.5 Å². The molecule has 1 saturated heterocycles. The molecule has 3 rings (SSSR count). The maximum atomic E-state index is 13.0. The van der Waals surface area contributed by atoms with Crippen molar-refractivity contribution in [2.75, 3.05) is 44.7 Å². The highest BCUT2D eigenvalue weighted by molar-refractivity contribution is 9.10. The molecule has 26 heavy (non-hydrogen) atoms. The van der Waals surface area contributed by atoms with Gasteiger partial charge in [0, 0.05) is 42.9 Å². The molecule has 1 aliphatic heterocycles. The Morgan fingerprint density at radius 2 is 1.65 bits per heavy atom. The molecule has 0 saturated carbocycles. The lowest BCUT2D eigenvalue weighted by atomic mass is 10.2. The third kappa shape index (κ3) is 5.05. The molecule has 1 aliphatic rings. The summed E-state index contributed by atoms with van der Waals surface area (Å²) in [4.78, 5) is 18.7. The second-order valence-electron chi connectivity index (χ2n) is 6.64. The Balaban J connectivity index is 1.47. The van der Waals surface area contributed by atoms with Crippen LogP contribution in [-0.2, 0) is 11.3 Å². The van der Waals surface area contributed by atoms with Gasteiger partial charge in [-0.1, -0.05) is 28.1 Å². The van der Waals surface area contributed by atoms with Gasteiger partial charge < -0.3 is 9.80 Å². The van der Waals surface area contributed by atoms with Crippen LogP contribution < -0.4 is 4.90 Å². The van der Waals surface area contributed by atoms with Crippen molar-refractivity contribution in [3.8, 4) is 0 Å². The van der Waals surface area contributed by atoms with Gasteiger partial charge in [-0.05, 0) is 49.0 Å². The van der Waals surface area contributed by atoms with E-state index in [0.717, 1.165) is 29.8 Å². The molecule has 138 valence electrons. The fourth-order valence-electron chi connectivity index (χ4n) is 3.15. The van der Waals surface area contributed by atoms with E-state index in [1.807, 2.05) is 29.0 Å². The molecule has 1 heterocycles. The number of anilines is 1. The maximum absolute atomic E-state index is 13.0. The maximum Gasteiger partial charge on any atom is 0.236 e. The van der Waals surface area contributed by atoms with Crippen molar-refractivity contribution in [1.29, 1.82) is 0 Å². The summed E-state index contributed by atoms with van der Waals surface area (Å²) in [6, 6.07) is 14.7. The van der Waals surface area contributed by atoms with Gasteiger partial charge in [-0.2, -0.15) is 0 Å². The van der Waals surface area contributed by atoms with Crippen LogP contribution in [0, 0.1) is 5.82 Å². The number of carbonyl (C=O) groups excluding carboxylic acids is 1. The Labute approximate surface area is 162 Å². The Hall–Kier alpha value is -1.92. The molecular weight excluding hydrogens is 397 g/mol. The standard InChI is InChI=1S/C20H23BrFN3O/c1-23(14-16-2-4-17(21)5-3-16)15-20(26)25-12-10-24(11-13-25)19-8-6-18(22)7-9-19/h2-9H,10-15H2,1H3. The van der Waals surface area contributed by atoms with Gasteiger partial charge in [0.25, 0.3) is 0 Å². The van der Waals surface area contributed by atoms with E-state index < -0.39 is 0 Å². The highest BCUT2D eigenvalue weighted by Crippen LogP contribution is 2.17. The molecule has 0 unspecified atom stereocenters. The fraction of sp³-hybridized carbons (Fsp3) is 0.350. The van der Waals surface area contributed by atoms with Gasteiger partial charge in [-0.25, -0.2) is 4.39 Å². The first kappa shape index (κ1) is 18.9. The number of hydrogen-bond donors (Lipinski definition) is 0. The van der Waals surface area contributed by atoms with Gasteiger partial charge in [0.2, 0.25) is 5.91 Å². The minimum atomic E-state index is -0.226. The number of likely N-dealkylation sites (N-methyl/N-ethyl adjacent to an activating group) is 1. The van der Waals surface area contributed by atoms with Crippen molar-refractivity contribution in [2.24, 2.45) is 0 Å². The number of carbonyl (C=O) groups is 1. The highest BCUT2D eigenvalue weighted by atomic mass is 79.9. The third-order valence-corrected chi connectivity index (χ3v) is 5.12. The van der Waals surface area contributed by atoms with E-state index in [1.165, 1.54) is 17.7 Å². The zero-order valence-corrected chi connectivity index (χ0v) is 16.5. The third-order valence-electron chi connectivity index (χ3n) is 4.60. The second-order valence-corrected chi connectivity index (χ2v) is 7.56. The summed E-state index contributed by atoms with van der Waals surface area (Å²) >= 11 is 3.43. The largest absolute Gasteiger partial charge is 0.368 e. The molecule has 4 nitrogen and oxygen atoms in total. The van der Waals surface area contributed by atoms with Crippen LogP contribution in [0.15, 0.2) is 53.0 Å². The quantitative estimate of drug-likeness (QED) is 0.743. The minimum Gasteiger partial charge on any atom is -0.368 e. The van der Waals surface area contributed by atoms with Crippen LogP contribution in [0.5, 0.6) is 0 Å².